The number of halogens is 1. The molecule has 1 aliphatic rings. The molecular formula is C17H16ClN3O3S. The molecule has 2 rings (SSSR count). The number of nitriles is 1. The molecule has 0 spiro atoms. The molecule has 1 aromatic rings. The monoisotopic (exact) mass is 377 g/mol. The Bertz CT molecular complexity index is 881. The van der Waals surface area contributed by atoms with Crippen LogP contribution >= 0.6 is 11.6 Å². The standard InChI is InChI=1S/C17H16ClN3O3S/c1-2-24-16-12-21(13(10-19)11-20)9-8-15(16)17(18)25(22,23)14-6-4-3-5-7-14/h3-9,12,15,17,19H,2H2,1H3. The van der Waals surface area contributed by atoms with Crippen molar-refractivity contribution >= 4 is 27.3 Å². The van der Waals surface area contributed by atoms with E-state index >= 15 is 0 Å². The van der Waals surface area contributed by atoms with E-state index in [0.717, 1.165) is 0 Å². The molecule has 0 amide bonds. The van der Waals surface area contributed by atoms with Crippen molar-refractivity contribution in [1.29, 1.82) is 10.7 Å². The van der Waals surface area contributed by atoms with Crippen LogP contribution in [0.1, 0.15) is 6.92 Å². The lowest BCUT2D eigenvalue weighted by Crippen LogP contribution is -2.29. The highest BCUT2D eigenvalue weighted by atomic mass is 35.5. The highest BCUT2D eigenvalue weighted by Gasteiger charge is 2.36. The number of ether oxygens (including phenoxy) is 1. The van der Waals surface area contributed by atoms with Gasteiger partial charge in [-0.25, -0.2) is 8.42 Å². The minimum atomic E-state index is -3.79. The minimum Gasteiger partial charge on any atom is -0.496 e. The van der Waals surface area contributed by atoms with Gasteiger partial charge in [0.1, 0.15) is 11.8 Å². The van der Waals surface area contributed by atoms with Crippen LogP contribution in [-0.4, -0.2) is 30.5 Å². The number of nitrogens with one attached hydrogen (secondary N) is 1. The first-order chi connectivity index (χ1) is 12.0. The maximum atomic E-state index is 12.7. The van der Waals surface area contributed by atoms with Gasteiger partial charge in [-0.2, -0.15) is 5.26 Å². The van der Waals surface area contributed by atoms with Gasteiger partial charge in [-0.1, -0.05) is 24.3 Å². The van der Waals surface area contributed by atoms with Crippen LogP contribution in [0.5, 0.6) is 0 Å². The molecule has 2 unspecified atom stereocenters. The van der Waals surface area contributed by atoms with Crippen molar-refractivity contribution < 1.29 is 13.2 Å². The third kappa shape index (κ3) is 3.94. The second-order valence-electron chi connectivity index (χ2n) is 5.03. The van der Waals surface area contributed by atoms with Gasteiger partial charge in [0.25, 0.3) is 0 Å². The van der Waals surface area contributed by atoms with Crippen molar-refractivity contribution in [3.63, 3.8) is 0 Å². The van der Waals surface area contributed by atoms with Gasteiger partial charge < -0.3 is 9.64 Å². The molecule has 6 nitrogen and oxygen atoms in total. The summed E-state index contributed by atoms with van der Waals surface area (Å²) in [6.45, 7) is 2.06. The Hall–Kier alpha value is -2.52. The third-order valence-corrected chi connectivity index (χ3v) is 6.28. The number of alkyl halides is 1. The number of hydrogen-bond donors (Lipinski definition) is 1. The van der Waals surface area contributed by atoms with Gasteiger partial charge in [0.05, 0.1) is 17.4 Å². The molecule has 0 aliphatic carbocycles. The maximum Gasteiger partial charge on any atom is 0.196 e. The fraction of sp³-hybridized carbons (Fsp3) is 0.235. The van der Waals surface area contributed by atoms with E-state index in [1.54, 1.807) is 25.1 Å². The van der Waals surface area contributed by atoms with Crippen molar-refractivity contribution in [3.05, 3.63) is 60.3 Å². The molecule has 0 bridgehead atoms. The normalized spacial score (nSPS) is 17.9. The molecule has 0 fully saturated rings. The summed E-state index contributed by atoms with van der Waals surface area (Å²) in [4.78, 5) is 1.46. The summed E-state index contributed by atoms with van der Waals surface area (Å²) in [7, 11) is -3.79. The van der Waals surface area contributed by atoms with Gasteiger partial charge in [-0.3, -0.25) is 5.41 Å². The highest BCUT2D eigenvalue weighted by Crippen LogP contribution is 2.33. The van der Waals surface area contributed by atoms with E-state index in [4.69, 9.17) is 27.0 Å². The second kappa shape index (κ2) is 8.04. The molecule has 0 radical (unpaired) electrons. The summed E-state index contributed by atoms with van der Waals surface area (Å²) >= 11 is 6.31. The molecule has 1 N–H and O–H groups in total. The number of hydrogen-bond acceptors (Lipinski definition) is 6. The summed E-state index contributed by atoms with van der Waals surface area (Å²) in [6.07, 6.45) is 4.46. The average molecular weight is 378 g/mol. The Morgan fingerprint density at radius 1 is 1.44 bits per heavy atom. The van der Waals surface area contributed by atoms with E-state index in [1.807, 2.05) is 11.9 Å². The number of allylic oxidation sites excluding steroid dienone is 2. The minimum absolute atomic E-state index is 0.0519. The summed E-state index contributed by atoms with van der Waals surface area (Å²) in [5.41, 5.74) is -0.0519. The van der Waals surface area contributed by atoms with Gasteiger partial charge in [0.15, 0.2) is 20.2 Å². The van der Waals surface area contributed by atoms with E-state index in [9.17, 15) is 8.42 Å². The lowest BCUT2D eigenvalue weighted by molar-refractivity contribution is 0.196. The largest absolute Gasteiger partial charge is 0.496 e. The number of nitrogens with zero attached hydrogens (tertiary/aromatic N) is 2. The lowest BCUT2D eigenvalue weighted by atomic mass is 10.1. The molecule has 1 aliphatic heterocycles. The third-order valence-electron chi connectivity index (χ3n) is 3.49. The molecule has 1 aromatic carbocycles. The SMILES string of the molecule is CCOC1=CN(C(=C=N)C#N)C=CC1C(Cl)S(=O)(=O)c1ccccc1. The van der Waals surface area contributed by atoms with Crippen LogP contribution in [0.15, 0.2) is 65.2 Å². The van der Waals surface area contributed by atoms with Crippen molar-refractivity contribution in [2.24, 2.45) is 5.92 Å². The van der Waals surface area contributed by atoms with Crippen LogP contribution < -0.4 is 0 Å². The Balaban J connectivity index is 2.38. The van der Waals surface area contributed by atoms with Crippen molar-refractivity contribution in [2.45, 2.75) is 16.5 Å². The zero-order chi connectivity index (χ0) is 18.4. The first kappa shape index (κ1) is 18.8. The van der Waals surface area contributed by atoms with Gasteiger partial charge in [-0.05, 0) is 19.1 Å². The van der Waals surface area contributed by atoms with E-state index in [2.05, 4.69) is 0 Å². The van der Waals surface area contributed by atoms with Gasteiger partial charge in [0.2, 0.25) is 0 Å². The molecule has 1 heterocycles. The van der Waals surface area contributed by atoms with Crippen molar-refractivity contribution in [3.8, 4) is 6.07 Å². The molecule has 0 saturated carbocycles. The van der Waals surface area contributed by atoms with E-state index in [0.29, 0.717) is 12.4 Å². The number of sulfone groups is 1. The quantitative estimate of drug-likeness (QED) is 0.467. The van der Waals surface area contributed by atoms with E-state index in [-0.39, 0.29) is 10.6 Å². The predicted octanol–water partition coefficient (Wildman–Crippen LogP) is 3.00. The Kier molecular flexibility index (Phi) is 6.05. The molecule has 0 saturated heterocycles. The zero-order valence-electron chi connectivity index (χ0n) is 13.4. The Labute approximate surface area is 151 Å². The number of rotatable bonds is 6. The fourth-order valence-electron chi connectivity index (χ4n) is 2.29. The van der Waals surface area contributed by atoms with Crippen LogP contribution in [0.3, 0.4) is 0 Å². The Morgan fingerprint density at radius 2 is 2.12 bits per heavy atom. The molecule has 2 atom stereocenters. The van der Waals surface area contributed by atoms with E-state index in [1.165, 1.54) is 35.5 Å². The van der Waals surface area contributed by atoms with Crippen LogP contribution in [0, 0.1) is 22.7 Å². The average Bonchev–Trinajstić information content (AvgIpc) is 2.63. The summed E-state index contributed by atoms with van der Waals surface area (Å²) < 4.78 is 29.7. The molecule has 25 heavy (non-hydrogen) atoms. The van der Waals surface area contributed by atoms with Gasteiger partial charge in [-0.15, -0.1) is 11.6 Å². The van der Waals surface area contributed by atoms with Crippen LogP contribution in [0.2, 0.25) is 0 Å². The summed E-state index contributed by atoms with van der Waals surface area (Å²) in [6, 6.07) is 9.77. The first-order valence-corrected chi connectivity index (χ1v) is 9.38. The molecular weight excluding hydrogens is 362 g/mol. The van der Waals surface area contributed by atoms with Crippen molar-refractivity contribution in [2.75, 3.05) is 6.61 Å². The predicted molar refractivity (Wildman–Crippen MR) is 94.3 cm³/mol. The maximum absolute atomic E-state index is 12.7. The smallest absolute Gasteiger partial charge is 0.196 e. The zero-order valence-corrected chi connectivity index (χ0v) is 15.0. The van der Waals surface area contributed by atoms with Crippen LogP contribution in [-0.2, 0) is 14.6 Å². The molecule has 8 heteroatoms. The van der Waals surface area contributed by atoms with Gasteiger partial charge in [0, 0.05) is 18.3 Å². The highest BCUT2D eigenvalue weighted by molar-refractivity contribution is 7.93. The van der Waals surface area contributed by atoms with Crippen LogP contribution in [0.25, 0.3) is 0 Å². The van der Waals surface area contributed by atoms with E-state index < -0.39 is 20.5 Å². The molecule has 0 aromatic heterocycles. The summed E-state index contributed by atoms with van der Waals surface area (Å²) in [5.74, 6) is 1.58. The fourth-order valence-corrected chi connectivity index (χ4v) is 4.21. The van der Waals surface area contributed by atoms with Crippen LogP contribution in [0.4, 0.5) is 0 Å². The lowest BCUT2D eigenvalue weighted by Gasteiger charge is -2.28. The Morgan fingerprint density at radius 3 is 2.68 bits per heavy atom. The first-order valence-electron chi connectivity index (χ1n) is 7.39. The van der Waals surface area contributed by atoms with Crippen molar-refractivity contribution in [1.82, 2.24) is 4.90 Å². The molecule has 130 valence electrons. The van der Waals surface area contributed by atoms with Gasteiger partial charge >= 0.3 is 0 Å². The second-order valence-corrected chi connectivity index (χ2v) is 7.83. The number of benzene rings is 1. The summed E-state index contributed by atoms with van der Waals surface area (Å²) in [5, 5.41) is 16.1. The topological polar surface area (TPSA) is 94.2 Å².